The normalized spacial score (nSPS) is 10.8. The first kappa shape index (κ1) is 18.4. The number of nitro groups is 1. The van der Waals surface area contributed by atoms with Crippen LogP contribution in [0.1, 0.15) is 38.2 Å². The van der Waals surface area contributed by atoms with Crippen LogP contribution in [0.2, 0.25) is 0 Å². The molecule has 0 aliphatic rings. The number of hydrogen-bond acceptors (Lipinski definition) is 5. The summed E-state index contributed by atoms with van der Waals surface area (Å²) in [4.78, 5) is 10.3. The number of unbranched alkanes of at least 4 members (excludes halogenated alkanes) is 3. The second kappa shape index (κ2) is 10.1. The first-order chi connectivity index (χ1) is 12.2. The molecule has 0 aliphatic carbocycles. The molecule has 0 fully saturated rings. The summed E-state index contributed by atoms with van der Waals surface area (Å²) < 4.78 is 5.83. The van der Waals surface area contributed by atoms with Gasteiger partial charge in [-0.3, -0.25) is 15.5 Å². The summed E-state index contributed by atoms with van der Waals surface area (Å²) in [6.45, 7) is 2.87. The van der Waals surface area contributed by atoms with Crippen molar-refractivity contribution < 1.29 is 9.66 Å². The molecular formula is C19H23N3O3. The highest BCUT2D eigenvalue weighted by Crippen LogP contribution is 2.18. The molecule has 6 nitrogen and oxygen atoms in total. The van der Waals surface area contributed by atoms with Gasteiger partial charge in [-0.1, -0.05) is 44.4 Å². The molecule has 2 rings (SSSR count). The fourth-order valence-corrected chi connectivity index (χ4v) is 2.29. The summed E-state index contributed by atoms with van der Waals surface area (Å²) in [5.74, 6) is 0.781. The molecule has 0 saturated heterocycles. The van der Waals surface area contributed by atoms with E-state index in [0.717, 1.165) is 17.7 Å². The van der Waals surface area contributed by atoms with Crippen molar-refractivity contribution in [3.05, 3.63) is 64.2 Å². The molecule has 0 bridgehead atoms. The highest BCUT2D eigenvalue weighted by Gasteiger charge is 2.05. The average molecular weight is 341 g/mol. The number of hydrazone groups is 1. The van der Waals surface area contributed by atoms with Crippen molar-refractivity contribution in [2.75, 3.05) is 12.0 Å². The third kappa shape index (κ3) is 6.25. The fraction of sp³-hybridized carbons (Fsp3) is 0.316. The first-order valence-electron chi connectivity index (χ1n) is 8.46. The van der Waals surface area contributed by atoms with Crippen molar-refractivity contribution in [1.82, 2.24) is 0 Å². The molecule has 25 heavy (non-hydrogen) atoms. The number of ether oxygens (including phenoxy) is 1. The smallest absolute Gasteiger partial charge is 0.271 e. The Balaban J connectivity index is 1.94. The lowest BCUT2D eigenvalue weighted by molar-refractivity contribution is -0.384. The van der Waals surface area contributed by atoms with Gasteiger partial charge in [0.15, 0.2) is 0 Å². The largest absolute Gasteiger partial charge is 0.493 e. The van der Waals surface area contributed by atoms with Crippen molar-refractivity contribution in [3.63, 3.8) is 0 Å². The molecule has 0 heterocycles. The van der Waals surface area contributed by atoms with Gasteiger partial charge >= 0.3 is 0 Å². The van der Waals surface area contributed by atoms with E-state index in [-0.39, 0.29) is 5.69 Å². The van der Waals surface area contributed by atoms with E-state index in [9.17, 15) is 10.1 Å². The van der Waals surface area contributed by atoms with Crippen molar-refractivity contribution >= 4 is 17.6 Å². The zero-order chi connectivity index (χ0) is 17.9. The standard InChI is InChI=1S/C19H23N3O3/c1-2-3-4-7-13-25-19-12-6-5-9-16(19)15-20-21-17-10-8-11-18(14-17)22(23)24/h5-6,8-12,14-15,21H,2-4,7,13H2,1H3. The first-order valence-corrected chi connectivity index (χ1v) is 8.46. The number of hydrogen-bond donors (Lipinski definition) is 1. The zero-order valence-electron chi connectivity index (χ0n) is 14.4. The van der Waals surface area contributed by atoms with Crippen molar-refractivity contribution in [2.45, 2.75) is 32.6 Å². The number of nitro benzene ring substituents is 1. The Hall–Kier alpha value is -2.89. The number of nitrogens with zero attached hydrogens (tertiary/aromatic N) is 2. The van der Waals surface area contributed by atoms with Gasteiger partial charge in [-0.15, -0.1) is 0 Å². The van der Waals surface area contributed by atoms with Gasteiger partial charge in [0, 0.05) is 17.7 Å². The third-order valence-electron chi connectivity index (χ3n) is 3.63. The van der Waals surface area contributed by atoms with Crippen LogP contribution in [-0.4, -0.2) is 17.7 Å². The number of non-ortho nitro benzene ring substituents is 1. The topological polar surface area (TPSA) is 76.8 Å². The quantitative estimate of drug-likeness (QED) is 0.285. The van der Waals surface area contributed by atoms with Crippen molar-refractivity contribution in [2.24, 2.45) is 5.10 Å². The molecule has 0 atom stereocenters. The molecule has 0 aliphatic heterocycles. The molecule has 6 heteroatoms. The van der Waals surface area contributed by atoms with Gasteiger partial charge in [0.25, 0.3) is 5.69 Å². The minimum Gasteiger partial charge on any atom is -0.493 e. The second-order valence-electron chi connectivity index (χ2n) is 5.62. The number of benzene rings is 2. The Bertz CT molecular complexity index is 717. The monoisotopic (exact) mass is 341 g/mol. The van der Waals surface area contributed by atoms with Crippen LogP contribution in [0.3, 0.4) is 0 Å². The Morgan fingerprint density at radius 2 is 2.00 bits per heavy atom. The lowest BCUT2D eigenvalue weighted by Gasteiger charge is -2.08. The summed E-state index contributed by atoms with van der Waals surface area (Å²) in [5.41, 5.74) is 4.25. The van der Waals surface area contributed by atoms with E-state index >= 15 is 0 Å². The van der Waals surface area contributed by atoms with Gasteiger partial charge < -0.3 is 4.74 Å². The summed E-state index contributed by atoms with van der Waals surface area (Å²) in [7, 11) is 0. The molecule has 2 aromatic rings. The molecule has 1 N–H and O–H groups in total. The van der Waals surface area contributed by atoms with E-state index < -0.39 is 4.92 Å². The van der Waals surface area contributed by atoms with Crippen LogP contribution in [0.5, 0.6) is 5.75 Å². The van der Waals surface area contributed by atoms with E-state index in [0.29, 0.717) is 12.3 Å². The van der Waals surface area contributed by atoms with Crippen LogP contribution in [0.25, 0.3) is 0 Å². The summed E-state index contributed by atoms with van der Waals surface area (Å²) in [6, 6.07) is 13.9. The van der Waals surface area contributed by atoms with Crippen molar-refractivity contribution in [1.29, 1.82) is 0 Å². The van der Waals surface area contributed by atoms with Crippen LogP contribution >= 0.6 is 0 Å². The SMILES string of the molecule is CCCCCCOc1ccccc1C=NNc1cccc([N+](=O)[O-])c1. The van der Waals surface area contributed by atoms with E-state index in [2.05, 4.69) is 17.5 Å². The van der Waals surface area contributed by atoms with Crippen LogP contribution < -0.4 is 10.2 Å². The maximum atomic E-state index is 10.8. The lowest BCUT2D eigenvalue weighted by Crippen LogP contribution is -2.00. The van der Waals surface area contributed by atoms with Crippen LogP contribution in [-0.2, 0) is 0 Å². The summed E-state index contributed by atoms with van der Waals surface area (Å²) in [5, 5.41) is 14.9. The van der Waals surface area contributed by atoms with Crippen LogP contribution in [0, 0.1) is 10.1 Å². The fourth-order valence-electron chi connectivity index (χ4n) is 2.29. The van der Waals surface area contributed by atoms with E-state index in [1.54, 1.807) is 18.3 Å². The van der Waals surface area contributed by atoms with Gasteiger partial charge in [0.05, 0.1) is 23.4 Å². The molecule has 132 valence electrons. The Morgan fingerprint density at radius 1 is 1.16 bits per heavy atom. The highest BCUT2D eigenvalue weighted by atomic mass is 16.6. The second-order valence-corrected chi connectivity index (χ2v) is 5.62. The van der Waals surface area contributed by atoms with Crippen LogP contribution in [0.15, 0.2) is 53.6 Å². The molecule has 2 aromatic carbocycles. The minimum atomic E-state index is -0.434. The summed E-state index contributed by atoms with van der Waals surface area (Å²) >= 11 is 0. The third-order valence-corrected chi connectivity index (χ3v) is 3.63. The summed E-state index contributed by atoms with van der Waals surface area (Å²) in [6.07, 6.45) is 6.28. The van der Waals surface area contributed by atoms with Crippen molar-refractivity contribution in [3.8, 4) is 5.75 Å². The Labute approximate surface area is 147 Å². The molecule has 0 saturated carbocycles. The van der Waals surface area contributed by atoms with Gasteiger partial charge in [-0.05, 0) is 24.6 Å². The maximum absolute atomic E-state index is 10.8. The molecule has 0 amide bonds. The van der Waals surface area contributed by atoms with E-state index in [1.807, 2.05) is 24.3 Å². The predicted molar refractivity (Wildman–Crippen MR) is 100 cm³/mol. The molecule has 0 radical (unpaired) electrons. The average Bonchev–Trinajstić information content (AvgIpc) is 2.63. The van der Waals surface area contributed by atoms with E-state index in [4.69, 9.17) is 4.74 Å². The van der Waals surface area contributed by atoms with Gasteiger partial charge in [-0.2, -0.15) is 5.10 Å². The number of anilines is 1. The molecular weight excluding hydrogens is 318 g/mol. The lowest BCUT2D eigenvalue weighted by atomic mass is 10.2. The Kier molecular flexibility index (Phi) is 7.43. The van der Waals surface area contributed by atoms with Gasteiger partial charge in [0.2, 0.25) is 0 Å². The highest BCUT2D eigenvalue weighted by molar-refractivity contribution is 5.84. The molecule has 0 spiro atoms. The van der Waals surface area contributed by atoms with Gasteiger partial charge in [-0.25, -0.2) is 0 Å². The van der Waals surface area contributed by atoms with E-state index in [1.165, 1.54) is 31.4 Å². The molecule has 0 unspecified atom stereocenters. The number of rotatable bonds is 10. The van der Waals surface area contributed by atoms with Gasteiger partial charge in [0.1, 0.15) is 5.75 Å². The number of para-hydroxylation sites is 1. The molecule has 0 aromatic heterocycles. The maximum Gasteiger partial charge on any atom is 0.271 e. The zero-order valence-corrected chi connectivity index (χ0v) is 14.4. The number of nitrogens with one attached hydrogen (secondary N) is 1. The Morgan fingerprint density at radius 3 is 2.80 bits per heavy atom. The van der Waals surface area contributed by atoms with Crippen LogP contribution in [0.4, 0.5) is 11.4 Å². The minimum absolute atomic E-state index is 0.0241. The predicted octanol–water partition coefficient (Wildman–Crippen LogP) is 5.00.